The fraction of sp³-hybridized carbons (Fsp3) is 0.556. The molecular weight excluding hydrogens is 320 g/mol. The summed E-state index contributed by atoms with van der Waals surface area (Å²) in [7, 11) is 1.68. The van der Waals surface area contributed by atoms with Gasteiger partial charge in [0.05, 0.1) is 13.2 Å². The number of fused-ring (bicyclic) bond motifs is 1. The fourth-order valence-corrected chi connectivity index (χ4v) is 2.62. The molecule has 1 heterocycles. The molecule has 7 nitrogen and oxygen atoms in total. The number of nitrogens with zero attached hydrogens (tertiary/aromatic N) is 1. The SMILES string of the molecule is CCNC(=NCCOc1ccc2c(c1)CCC(=O)N2)NC(C)COC. The van der Waals surface area contributed by atoms with Crippen LogP contribution in [0.15, 0.2) is 23.2 Å². The van der Waals surface area contributed by atoms with Crippen LogP contribution in [0.4, 0.5) is 5.69 Å². The zero-order valence-electron chi connectivity index (χ0n) is 15.2. The zero-order chi connectivity index (χ0) is 18.1. The van der Waals surface area contributed by atoms with Gasteiger partial charge in [-0.3, -0.25) is 4.79 Å². The van der Waals surface area contributed by atoms with E-state index >= 15 is 0 Å². The molecular formula is C18H28N4O3. The van der Waals surface area contributed by atoms with E-state index in [2.05, 4.69) is 20.9 Å². The fourth-order valence-electron chi connectivity index (χ4n) is 2.62. The molecule has 0 spiro atoms. The van der Waals surface area contributed by atoms with Crippen LogP contribution in [0.2, 0.25) is 0 Å². The molecule has 3 N–H and O–H groups in total. The predicted molar refractivity (Wildman–Crippen MR) is 99.3 cm³/mol. The molecule has 2 rings (SSSR count). The summed E-state index contributed by atoms with van der Waals surface area (Å²) in [5, 5.41) is 9.35. The van der Waals surface area contributed by atoms with E-state index < -0.39 is 0 Å². The Bertz CT molecular complexity index is 604. The second kappa shape index (κ2) is 9.88. The number of carbonyl (C=O) groups is 1. The van der Waals surface area contributed by atoms with E-state index in [0.29, 0.717) is 26.2 Å². The molecule has 1 aromatic carbocycles. The number of anilines is 1. The van der Waals surface area contributed by atoms with E-state index in [-0.39, 0.29) is 11.9 Å². The first-order chi connectivity index (χ1) is 12.1. The summed E-state index contributed by atoms with van der Waals surface area (Å²) in [6.07, 6.45) is 1.28. The van der Waals surface area contributed by atoms with E-state index in [4.69, 9.17) is 9.47 Å². The Morgan fingerprint density at radius 1 is 1.40 bits per heavy atom. The second-order valence-electron chi connectivity index (χ2n) is 5.98. The van der Waals surface area contributed by atoms with Crippen LogP contribution < -0.4 is 20.7 Å². The van der Waals surface area contributed by atoms with Crippen molar-refractivity contribution in [3.05, 3.63) is 23.8 Å². The summed E-state index contributed by atoms with van der Waals surface area (Å²) in [6.45, 7) is 6.51. The van der Waals surface area contributed by atoms with Gasteiger partial charge in [0.2, 0.25) is 5.91 Å². The summed E-state index contributed by atoms with van der Waals surface area (Å²) in [6, 6.07) is 5.93. The summed E-state index contributed by atoms with van der Waals surface area (Å²) >= 11 is 0. The van der Waals surface area contributed by atoms with E-state index in [1.807, 2.05) is 32.0 Å². The van der Waals surface area contributed by atoms with Gasteiger partial charge in [-0.15, -0.1) is 0 Å². The Kier molecular flexibility index (Phi) is 7.53. The van der Waals surface area contributed by atoms with Gasteiger partial charge in [-0.2, -0.15) is 0 Å². The van der Waals surface area contributed by atoms with Gasteiger partial charge in [-0.25, -0.2) is 4.99 Å². The number of rotatable bonds is 8. The number of aryl methyl sites for hydroxylation is 1. The number of guanidine groups is 1. The van der Waals surface area contributed by atoms with Gasteiger partial charge >= 0.3 is 0 Å². The third kappa shape index (κ3) is 6.26. The minimum absolute atomic E-state index is 0.0710. The Morgan fingerprint density at radius 3 is 3.00 bits per heavy atom. The lowest BCUT2D eigenvalue weighted by molar-refractivity contribution is -0.116. The maximum Gasteiger partial charge on any atom is 0.224 e. The molecule has 1 aliphatic heterocycles. The first-order valence-electron chi connectivity index (χ1n) is 8.71. The lowest BCUT2D eigenvalue weighted by atomic mass is 10.0. The van der Waals surface area contributed by atoms with Gasteiger partial charge in [0, 0.05) is 31.8 Å². The van der Waals surface area contributed by atoms with E-state index in [9.17, 15) is 4.79 Å². The lowest BCUT2D eigenvalue weighted by Gasteiger charge is -2.18. The van der Waals surface area contributed by atoms with Crippen molar-refractivity contribution in [2.45, 2.75) is 32.7 Å². The number of amides is 1. The van der Waals surface area contributed by atoms with E-state index in [1.165, 1.54) is 0 Å². The summed E-state index contributed by atoms with van der Waals surface area (Å²) in [5.41, 5.74) is 2.00. The highest BCUT2D eigenvalue weighted by molar-refractivity contribution is 5.94. The number of hydrogen-bond donors (Lipinski definition) is 3. The summed E-state index contributed by atoms with van der Waals surface area (Å²) in [4.78, 5) is 15.9. The van der Waals surface area contributed by atoms with Crippen molar-refractivity contribution < 1.29 is 14.3 Å². The maximum absolute atomic E-state index is 11.4. The van der Waals surface area contributed by atoms with Crippen LogP contribution in [0.25, 0.3) is 0 Å². The van der Waals surface area contributed by atoms with E-state index in [1.54, 1.807) is 7.11 Å². The molecule has 1 aromatic rings. The quantitative estimate of drug-likeness (QED) is 0.377. The Morgan fingerprint density at radius 2 is 2.24 bits per heavy atom. The average Bonchev–Trinajstić information content (AvgIpc) is 2.59. The lowest BCUT2D eigenvalue weighted by Crippen LogP contribution is -2.44. The minimum atomic E-state index is 0.0710. The van der Waals surface area contributed by atoms with Gasteiger partial charge < -0.3 is 25.4 Å². The molecule has 7 heteroatoms. The highest BCUT2D eigenvalue weighted by Crippen LogP contribution is 2.26. The van der Waals surface area contributed by atoms with Crippen molar-refractivity contribution >= 4 is 17.6 Å². The number of nitrogens with one attached hydrogen (secondary N) is 3. The molecule has 1 unspecified atom stereocenters. The smallest absolute Gasteiger partial charge is 0.224 e. The standard InChI is InChI=1S/C18H28N4O3/c1-4-19-18(21-13(2)12-24-3)20-9-10-25-15-6-7-16-14(11-15)5-8-17(23)22-16/h6-7,11,13H,4-5,8-10,12H2,1-3H3,(H,22,23)(H2,19,20,21). The van der Waals surface area contributed by atoms with Crippen LogP contribution in [-0.4, -0.2) is 51.3 Å². The molecule has 1 aliphatic rings. The topological polar surface area (TPSA) is 84.0 Å². The molecule has 0 saturated heterocycles. The van der Waals surface area contributed by atoms with Crippen LogP contribution in [0.5, 0.6) is 5.75 Å². The monoisotopic (exact) mass is 348 g/mol. The number of methoxy groups -OCH3 is 1. The third-order valence-corrected chi connectivity index (χ3v) is 3.75. The van der Waals surface area contributed by atoms with Crippen molar-refractivity contribution in [3.8, 4) is 5.75 Å². The average molecular weight is 348 g/mol. The number of benzene rings is 1. The number of ether oxygens (including phenoxy) is 2. The molecule has 138 valence electrons. The summed E-state index contributed by atoms with van der Waals surface area (Å²) < 4.78 is 10.9. The van der Waals surface area contributed by atoms with Crippen molar-refractivity contribution in [2.75, 3.05) is 38.7 Å². The van der Waals surface area contributed by atoms with Crippen LogP contribution in [-0.2, 0) is 16.0 Å². The maximum atomic E-state index is 11.4. The van der Waals surface area contributed by atoms with Crippen LogP contribution in [0.3, 0.4) is 0 Å². The van der Waals surface area contributed by atoms with Crippen molar-refractivity contribution in [3.63, 3.8) is 0 Å². The van der Waals surface area contributed by atoms with Crippen LogP contribution in [0.1, 0.15) is 25.8 Å². The van der Waals surface area contributed by atoms with Gasteiger partial charge in [0.1, 0.15) is 12.4 Å². The molecule has 0 bridgehead atoms. The zero-order valence-corrected chi connectivity index (χ0v) is 15.2. The molecule has 0 fully saturated rings. The Labute approximate surface area is 149 Å². The number of aliphatic imine (C=N–C) groups is 1. The predicted octanol–water partition coefficient (Wildman–Crippen LogP) is 1.54. The van der Waals surface area contributed by atoms with Crippen molar-refractivity contribution in [2.24, 2.45) is 4.99 Å². The normalized spacial score (nSPS) is 15.2. The highest BCUT2D eigenvalue weighted by Gasteiger charge is 2.14. The molecule has 1 amide bonds. The Hall–Kier alpha value is -2.28. The third-order valence-electron chi connectivity index (χ3n) is 3.75. The van der Waals surface area contributed by atoms with Gasteiger partial charge in [0.25, 0.3) is 0 Å². The van der Waals surface area contributed by atoms with E-state index in [0.717, 1.165) is 35.9 Å². The van der Waals surface area contributed by atoms with Crippen LogP contribution >= 0.6 is 0 Å². The van der Waals surface area contributed by atoms with Crippen LogP contribution in [0, 0.1) is 0 Å². The molecule has 25 heavy (non-hydrogen) atoms. The first-order valence-corrected chi connectivity index (χ1v) is 8.71. The second-order valence-corrected chi connectivity index (χ2v) is 5.98. The largest absolute Gasteiger partial charge is 0.492 e. The number of hydrogen-bond acceptors (Lipinski definition) is 4. The number of carbonyl (C=O) groups excluding carboxylic acids is 1. The minimum Gasteiger partial charge on any atom is -0.492 e. The summed E-state index contributed by atoms with van der Waals surface area (Å²) in [5.74, 6) is 1.63. The molecule has 0 aliphatic carbocycles. The van der Waals surface area contributed by atoms with Crippen molar-refractivity contribution in [1.82, 2.24) is 10.6 Å². The highest BCUT2D eigenvalue weighted by atomic mass is 16.5. The molecule has 0 saturated carbocycles. The molecule has 0 aromatic heterocycles. The molecule has 1 atom stereocenters. The Balaban J connectivity index is 1.83. The van der Waals surface area contributed by atoms with Gasteiger partial charge in [-0.05, 0) is 44.0 Å². The first kappa shape index (κ1) is 19.1. The van der Waals surface area contributed by atoms with Crippen molar-refractivity contribution in [1.29, 1.82) is 0 Å². The van der Waals surface area contributed by atoms with Gasteiger partial charge in [-0.1, -0.05) is 0 Å². The molecule has 0 radical (unpaired) electrons. The van der Waals surface area contributed by atoms with Gasteiger partial charge in [0.15, 0.2) is 5.96 Å².